The molecule has 0 saturated heterocycles. The van der Waals surface area contributed by atoms with Gasteiger partial charge in [0.1, 0.15) is 11.0 Å². The first-order valence-corrected chi connectivity index (χ1v) is 15.8. The van der Waals surface area contributed by atoms with E-state index in [1.54, 1.807) is 4.80 Å². The van der Waals surface area contributed by atoms with Gasteiger partial charge < -0.3 is 0 Å². The maximum absolute atomic E-state index is 4.89. The molecule has 7 aromatic carbocycles. The van der Waals surface area contributed by atoms with E-state index in [4.69, 9.17) is 10.2 Å². The molecule has 0 unspecified atom stereocenters. The summed E-state index contributed by atoms with van der Waals surface area (Å²) < 4.78 is 0. The second kappa shape index (κ2) is 11.2. The molecule has 2 aromatic heterocycles. The molecular weight excluding hydrogens is 573 g/mol. The molecule has 4 nitrogen and oxygen atoms in total. The van der Waals surface area contributed by atoms with Crippen molar-refractivity contribution >= 4 is 32.6 Å². The molecule has 0 saturated carbocycles. The van der Waals surface area contributed by atoms with Crippen molar-refractivity contribution in [2.45, 2.75) is 0 Å². The van der Waals surface area contributed by atoms with Gasteiger partial charge in [-0.25, -0.2) is 0 Å². The number of pyridine rings is 1. The van der Waals surface area contributed by atoms with E-state index in [0.29, 0.717) is 0 Å². The normalized spacial score (nSPS) is 11.4. The maximum Gasteiger partial charge on any atom is 0.114 e. The van der Waals surface area contributed by atoms with Crippen LogP contribution in [0.4, 0.5) is 0 Å². The van der Waals surface area contributed by atoms with Crippen molar-refractivity contribution in [3.63, 3.8) is 0 Å². The number of aromatic nitrogens is 4. The standard InChI is InChI=1S/C43H28N4/c1-3-9-31(10-4-1)42-36-13-7-8-14-37(36)43(32-11-5-2-6-12-32)39-27-33(17-21-38(39)42)34-18-22-40-41(28-34)46-47(45-40)35-19-15-29(16-20-35)30-23-25-44-26-24-30/h1-28H. The number of benzene rings is 7. The Morgan fingerprint density at radius 2 is 0.851 bits per heavy atom. The zero-order chi connectivity index (χ0) is 31.2. The van der Waals surface area contributed by atoms with Crippen molar-refractivity contribution < 1.29 is 0 Å². The topological polar surface area (TPSA) is 43.6 Å². The highest BCUT2D eigenvalue weighted by atomic mass is 15.5. The largest absolute Gasteiger partial charge is 0.265 e. The second-order valence-electron chi connectivity index (χ2n) is 11.8. The molecule has 0 spiro atoms. The van der Waals surface area contributed by atoms with Crippen LogP contribution in [0.3, 0.4) is 0 Å². The summed E-state index contributed by atoms with van der Waals surface area (Å²) >= 11 is 0. The average molecular weight is 601 g/mol. The van der Waals surface area contributed by atoms with Crippen LogP contribution < -0.4 is 0 Å². The van der Waals surface area contributed by atoms with Crippen molar-refractivity contribution in [1.82, 2.24) is 20.0 Å². The molecule has 220 valence electrons. The molecule has 0 aliphatic heterocycles. The van der Waals surface area contributed by atoms with Crippen LogP contribution in [0.5, 0.6) is 0 Å². The summed E-state index contributed by atoms with van der Waals surface area (Å²) in [4.78, 5) is 5.85. The van der Waals surface area contributed by atoms with Crippen molar-refractivity contribution in [2.24, 2.45) is 0 Å². The molecule has 0 aliphatic carbocycles. The van der Waals surface area contributed by atoms with Gasteiger partial charge in [0.25, 0.3) is 0 Å². The molecule has 0 amide bonds. The maximum atomic E-state index is 4.89. The summed E-state index contributed by atoms with van der Waals surface area (Å²) in [5.74, 6) is 0. The Labute approximate surface area is 272 Å². The Bertz CT molecular complexity index is 2540. The summed E-state index contributed by atoms with van der Waals surface area (Å²) in [6.45, 7) is 0. The van der Waals surface area contributed by atoms with Crippen LogP contribution in [0, 0.1) is 0 Å². The molecule has 0 aliphatic rings. The molecule has 9 rings (SSSR count). The number of hydrogen-bond donors (Lipinski definition) is 0. The third-order valence-electron chi connectivity index (χ3n) is 8.97. The molecule has 47 heavy (non-hydrogen) atoms. The van der Waals surface area contributed by atoms with Gasteiger partial charge in [0.05, 0.1) is 5.69 Å². The minimum absolute atomic E-state index is 0.854. The Balaban J connectivity index is 1.19. The number of hydrogen-bond acceptors (Lipinski definition) is 3. The lowest BCUT2D eigenvalue weighted by molar-refractivity contribution is 0.766. The first-order valence-electron chi connectivity index (χ1n) is 15.8. The third-order valence-corrected chi connectivity index (χ3v) is 8.97. The Kier molecular flexibility index (Phi) is 6.43. The van der Waals surface area contributed by atoms with Gasteiger partial charge in [-0.2, -0.15) is 4.80 Å². The number of rotatable bonds is 5. The van der Waals surface area contributed by atoms with Crippen LogP contribution in [-0.4, -0.2) is 20.0 Å². The molecular formula is C43H28N4. The van der Waals surface area contributed by atoms with E-state index in [9.17, 15) is 0 Å². The van der Waals surface area contributed by atoms with E-state index >= 15 is 0 Å². The fraction of sp³-hybridized carbons (Fsp3) is 0. The van der Waals surface area contributed by atoms with Crippen LogP contribution in [0.25, 0.3) is 82.8 Å². The SMILES string of the molecule is c1ccc(-c2c3ccccc3c(-c3ccccc3)c3cc(-c4ccc5nn(-c6ccc(-c7ccncc7)cc6)nc5c4)ccc23)cc1. The van der Waals surface area contributed by atoms with Crippen molar-refractivity contribution in [3.8, 4) is 50.2 Å². The average Bonchev–Trinajstić information content (AvgIpc) is 3.58. The minimum Gasteiger partial charge on any atom is -0.265 e. The first kappa shape index (κ1) is 27.0. The van der Waals surface area contributed by atoms with Crippen molar-refractivity contribution in [3.05, 3.63) is 170 Å². The molecule has 0 radical (unpaired) electrons. The molecule has 0 bridgehead atoms. The molecule has 4 heteroatoms. The lowest BCUT2D eigenvalue weighted by Gasteiger charge is -2.18. The number of fused-ring (bicyclic) bond motifs is 3. The first-order chi connectivity index (χ1) is 23.3. The van der Waals surface area contributed by atoms with Crippen LogP contribution >= 0.6 is 0 Å². The summed E-state index contributed by atoms with van der Waals surface area (Å²) in [7, 11) is 0. The lowest BCUT2D eigenvalue weighted by Crippen LogP contribution is -1.97. The Morgan fingerprint density at radius 1 is 0.340 bits per heavy atom. The van der Waals surface area contributed by atoms with Crippen LogP contribution in [0.15, 0.2) is 170 Å². The smallest absolute Gasteiger partial charge is 0.114 e. The quantitative estimate of drug-likeness (QED) is 0.185. The van der Waals surface area contributed by atoms with Gasteiger partial charge in [0, 0.05) is 12.4 Å². The summed E-state index contributed by atoms with van der Waals surface area (Å²) in [6.07, 6.45) is 3.62. The van der Waals surface area contributed by atoms with Gasteiger partial charge in [-0.3, -0.25) is 4.98 Å². The van der Waals surface area contributed by atoms with Gasteiger partial charge in [-0.1, -0.05) is 115 Å². The summed E-state index contributed by atoms with van der Waals surface area (Å²) in [5, 5.41) is 14.7. The zero-order valence-electron chi connectivity index (χ0n) is 25.5. The fourth-order valence-corrected chi connectivity index (χ4v) is 6.73. The molecule has 0 N–H and O–H groups in total. The predicted octanol–water partition coefficient (Wildman–Crippen LogP) is 10.8. The van der Waals surface area contributed by atoms with E-state index in [2.05, 4.69) is 151 Å². The van der Waals surface area contributed by atoms with Crippen LogP contribution in [-0.2, 0) is 0 Å². The van der Waals surface area contributed by atoms with E-state index in [1.165, 1.54) is 43.8 Å². The van der Waals surface area contributed by atoms with Gasteiger partial charge in [-0.15, -0.1) is 10.2 Å². The highest BCUT2D eigenvalue weighted by Gasteiger charge is 2.17. The van der Waals surface area contributed by atoms with Crippen LogP contribution in [0.1, 0.15) is 0 Å². The highest BCUT2D eigenvalue weighted by molar-refractivity contribution is 6.22. The lowest BCUT2D eigenvalue weighted by atomic mass is 9.85. The van der Waals surface area contributed by atoms with Gasteiger partial charge in [-0.05, 0) is 109 Å². The van der Waals surface area contributed by atoms with E-state index in [1.807, 2.05) is 24.5 Å². The van der Waals surface area contributed by atoms with Crippen molar-refractivity contribution in [1.29, 1.82) is 0 Å². The second-order valence-corrected chi connectivity index (χ2v) is 11.8. The highest BCUT2D eigenvalue weighted by Crippen LogP contribution is 2.44. The molecule has 0 atom stereocenters. The predicted molar refractivity (Wildman–Crippen MR) is 193 cm³/mol. The van der Waals surface area contributed by atoms with E-state index in [-0.39, 0.29) is 0 Å². The molecule has 2 heterocycles. The van der Waals surface area contributed by atoms with E-state index < -0.39 is 0 Å². The Hall–Kier alpha value is -6.39. The fourth-order valence-electron chi connectivity index (χ4n) is 6.73. The Morgan fingerprint density at radius 3 is 1.53 bits per heavy atom. The van der Waals surface area contributed by atoms with E-state index in [0.717, 1.165) is 39.0 Å². The molecule has 9 aromatic rings. The van der Waals surface area contributed by atoms with Gasteiger partial charge in [0.15, 0.2) is 0 Å². The van der Waals surface area contributed by atoms with Crippen molar-refractivity contribution in [2.75, 3.05) is 0 Å². The van der Waals surface area contributed by atoms with Gasteiger partial charge in [0.2, 0.25) is 0 Å². The monoisotopic (exact) mass is 600 g/mol. The van der Waals surface area contributed by atoms with Gasteiger partial charge >= 0.3 is 0 Å². The summed E-state index contributed by atoms with van der Waals surface area (Å²) in [6, 6.07) is 55.8. The third kappa shape index (κ3) is 4.75. The zero-order valence-corrected chi connectivity index (χ0v) is 25.5. The molecule has 0 fully saturated rings. The number of nitrogens with zero attached hydrogens (tertiary/aromatic N) is 4. The minimum atomic E-state index is 0.854. The van der Waals surface area contributed by atoms with Crippen LogP contribution in [0.2, 0.25) is 0 Å². The summed E-state index contributed by atoms with van der Waals surface area (Å²) in [5.41, 5.74) is 12.1.